The third kappa shape index (κ3) is 2.31. The van der Waals surface area contributed by atoms with Gasteiger partial charge in [-0.3, -0.25) is 4.98 Å². The molecule has 0 aliphatic carbocycles. The maximum atomic E-state index is 5.35. The summed E-state index contributed by atoms with van der Waals surface area (Å²) in [6, 6.07) is 6.24. The van der Waals surface area contributed by atoms with Crippen molar-refractivity contribution in [2.45, 2.75) is 19.9 Å². The van der Waals surface area contributed by atoms with Crippen molar-refractivity contribution in [2.24, 2.45) is 0 Å². The molecule has 3 heteroatoms. The standard InChI is InChI=1S/C13H16N2O/c1-3-15-13(11-5-4-6-14-8-11)12-7-10(2)16-9-12/h4-9,13,15H,3H2,1-2H3. The first-order valence-corrected chi connectivity index (χ1v) is 5.49. The summed E-state index contributed by atoms with van der Waals surface area (Å²) in [5, 5.41) is 3.43. The molecule has 0 saturated heterocycles. The van der Waals surface area contributed by atoms with Crippen molar-refractivity contribution in [1.29, 1.82) is 0 Å². The second-order valence-corrected chi connectivity index (χ2v) is 3.77. The van der Waals surface area contributed by atoms with Gasteiger partial charge in [-0.15, -0.1) is 0 Å². The maximum absolute atomic E-state index is 5.35. The molecule has 84 valence electrons. The Hall–Kier alpha value is -1.61. The number of pyridine rings is 1. The monoisotopic (exact) mass is 216 g/mol. The van der Waals surface area contributed by atoms with Crippen molar-refractivity contribution in [2.75, 3.05) is 6.54 Å². The van der Waals surface area contributed by atoms with Gasteiger partial charge in [-0.05, 0) is 31.2 Å². The van der Waals surface area contributed by atoms with Crippen molar-refractivity contribution in [3.05, 3.63) is 53.7 Å². The van der Waals surface area contributed by atoms with E-state index in [1.807, 2.05) is 19.2 Å². The molecule has 2 aromatic heterocycles. The second-order valence-electron chi connectivity index (χ2n) is 3.77. The van der Waals surface area contributed by atoms with E-state index in [1.165, 1.54) is 0 Å². The lowest BCUT2D eigenvalue weighted by Gasteiger charge is -2.15. The van der Waals surface area contributed by atoms with Gasteiger partial charge in [-0.25, -0.2) is 0 Å². The van der Waals surface area contributed by atoms with Gasteiger partial charge < -0.3 is 9.73 Å². The molecule has 2 heterocycles. The highest BCUT2D eigenvalue weighted by molar-refractivity contribution is 5.28. The van der Waals surface area contributed by atoms with Crippen LogP contribution in [-0.4, -0.2) is 11.5 Å². The molecule has 0 saturated carbocycles. The van der Waals surface area contributed by atoms with Crippen LogP contribution in [0, 0.1) is 6.92 Å². The number of aryl methyl sites for hydroxylation is 1. The maximum Gasteiger partial charge on any atom is 0.101 e. The number of hydrogen-bond donors (Lipinski definition) is 1. The van der Waals surface area contributed by atoms with Crippen molar-refractivity contribution < 1.29 is 4.42 Å². The van der Waals surface area contributed by atoms with Crippen LogP contribution in [0.1, 0.15) is 29.9 Å². The van der Waals surface area contributed by atoms with E-state index < -0.39 is 0 Å². The molecule has 0 amide bonds. The predicted octanol–water partition coefficient (Wildman–Crippen LogP) is 2.68. The smallest absolute Gasteiger partial charge is 0.101 e. The van der Waals surface area contributed by atoms with Gasteiger partial charge in [-0.1, -0.05) is 13.0 Å². The minimum atomic E-state index is 0.163. The van der Waals surface area contributed by atoms with Gasteiger partial charge in [0.05, 0.1) is 12.3 Å². The molecule has 0 fully saturated rings. The molecular weight excluding hydrogens is 200 g/mol. The van der Waals surface area contributed by atoms with Crippen LogP contribution in [-0.2, 0) is 0 Å². The fraction of sp³-hybridized carbons (Fsp3) is 0.308. The van der Waals surface area contributed by atoms with Crippen LogP contribution in [0.3, 0.4) is 0 Å². The Morgan fingerprint density at radius 1 is 1.44 bits per heavy atom. The molecule has 1 unspecified atom stereocenters. The summed E-state index contributed by atoms with van der Waals surface area (Å²) in [5.41, 5.74) is 2.30. The lowest BCUT2D eigenvalue weighted by Crippen LogP contribution is -2.21. The van der Waals surface area contributed by atoms with Crippen LogP contribution >= 0.6 is 0 Å². The SMILES string of the molecule is CCNC(c1cccnc1)c1coc(C)c1. The molecule has 16 heavy (non-hydrogen) atoms. The van der Waals surface area contributed by atoms with Gasteiger partial charge in [0.25, 0.3) is 0 Å². The summed E-state index contributed by atoms with van der Waals surface area (Å²) in [6.45, 7) is 4.95. The Balaban J connectivity index is 2.31. The van der Waals surface area contributed by atoms with E-state index in [1.54, 1.807) is 12.5 Å². The van der Waals surface area contributed by atoms with E-state index in [0.717, 1.165) is 23.4 Å². The van der Waals surface area contributed by atoms with Gasteiger partial charge in [0, 0.05) is 18.0 Å². The van der Waals surface area contributed by atoms with Crippen LogP contribution in [0.15, 0.2) is 41.3 Å². The molecule has 1 N–H and O–H groups in total. The third-order valence-corrected chi connectivity index (χ3v) is 2.51. The number of nitrogens with one attached hydrogen (secondary N) is 1. The molecule has 0 aliphatic rings. The van der Waals surface area contributed by atoms with Crippen LogP contribution in [0.4, 0.5) is 0 Å². The largest absolute Gasteiger partial charge is 0.469 e. The highest BCUT2D eigenvalue weighted by atomic mass is 16.3. The molecule has 0 aliphatic heterocycles. The minimum absolute atomic E-state index is 0.163. The fourth-order valence-electron chi connectivity index (χ4n) is 1.79. The number of hydrogen-bond acceptors (Lipinski definition) is 3. The molecule has 2 aromatic rings. The first-order chi connectivity index (χ1) is 7.81. The lowest BCUT2D eigenvalue weighted by molar-refractivity contribution is 0.525. The van der Waals surface area contributed by atoms with E-state index in [9.17, 15) is 0 Å². The average molecular weight is 216 g/mol. The summed E-state index contributed by atoms with van der Waals surface area (Å²) in [5.74, 6) is 0.932. The number of aromatic nitrogens is 1. The average Bonchev–Trinajstić information content (AvgIpc) is 2.74. The summed E-state index contributed by atoms with van der Waals surface area (Å²) in [4.78, 5) is 4.15. The van der Waals surface area contributed by atoms with Crippen molar-refractivity contribution in [1.82, 2.24) is 10.3 Å². The van der Waals surface area contributed by atoms with E-state index >= 15 is 0 Å². The van der Waals surface area contributed by atoms with Crippen LogP contribution in [0.2, 0.25) is 0 Å². The first kappa shape index (κ1) is 10.9. The Kier molecular flexibility index (Phi) is 3.37. The Morgan fingerprint density at radius 2 is 2.31 bits per heavy atom. The second kappa shape index (κ2) is 4.94. The summed E-state index contributed by atoms with van der Waals surface area (Å²) >= 11 is 0. The lowest BCUT2D eigenvalue weighted by atomic mass is 10.0. The Labute approximate surface area is 95.5 Å². The zero-order valence-electron chi connectivity index (χ0n) is 9.60. The Morgan fingerprint density at radius 3 is 2.88 bits per heavy atom. The van der Waals surface area contributed by atoms with Gasteiger partial charge in [0.1, 0.15) is 5.76 Å². The van der Waals surface area contributed by atoms with Crippen LogP contribution in [0.5, 0.6) is 0 Å². The van der Waals surface area contributed by atoms with Crippen molar-refractivity contribution >= 4 is 0 Å². The van der Waals surface area contributed by atoms with Gasteiger partial charge in [-0.2, -0.15) is 0 Å². The molecule has 2 rings (SSSR count). The topological polar surface area (TPSA) is 38.1 Å². The molecule has 3 nitrogen and oxygen atoms in total. The van der Waals surface area contributed by atoms with Crippen molar-refractivity contribution in [3.63, 3.8) is 0 Å². The summed E-state index contributed by atoms with van der Waals surface area (Å²) in [6.07, 6.45) is 5.47. The molecule has 0 spiro atoms. The summed E-state index contributed by atoms with van der Waals surface area (Å²) < 4.78 is 5.35. The highest BCUT2D eigenvalue weighted by Crippen LogP contribution is 2.22. The molecule has 0 aromatic carbocycles. The van der Waals surface area contributed by atoms with Crippen molar-refractivity contribution in [3.8, 4) is 0 Å². The molecule has 0 bridgehead atoms. The minimum Gasteiger partial charge on any atom is -0.469 e. The quantitative estimate of drug-likeness (QED) is 0.853. The van der Waals surface area contributed by atoms with Gasteiger partial charge >= 0.3 is 0 Å². The molecule has 1 atom stereocenters. The van der Waals surface area contributed by atoms with Crippen LogP contribution < -0.4 is 5.32 Å². The van der Waals surface area contributed by atoms with E-state index in [0.29, 0.717) is 0 Å². The number of rotatable bonds is 4. The van der Waals surface area contributed by atoms with E-state index in [2.05, 4.69) is 29.4 Å². The first-order valence-electron chi connectivity index (χ1n) is 5.49. The van der Waals surface area contributed by atoms with Gasteiger partial charge in [0.15, 0.2) is 0 Å². The van der Waals surface area contributed by atoms with E-state index in [4.69, 9.17) is 4.42 Å². The number of furan rings is 1. The van der Waals surface area contributed by atoms with Crippen LogP contribution in [0.25, 0.3) is 0 Å². The zero-order chi connectivity index (χ0) is 11.4. The highest BCUT2D eigenvalue weighted by Gasteiger charge is 2.14. The molecule has 0 radical (unpaired) electrons. The molecular formula is C13H16N2O. The van der Waals surface area contributed by atoms with E-state index in [-0.39, 0.29) is 6.04 Å². The zero-order valence-corrected chi connectivity index (χ0v) is 9.60. The number of nitrogens with zero attached hydrogens (tertiary/aromatic N) is 1. The van der Waals surface area contributed by atoms with Gasteiger partial charge in [0.2, 0.25) is 0 Å². The Bertz CT molecular complexity index is 436. The third-order valence-electron chi connectivity index (χ3n) is 2.51. The predicted molar refractivity (Wildman–Crippen MR) is 63.2 cm³/mol. The fourth-order valence-corrected chi connectivity index (χ4v) is 1.79. The normalized spacial score (nSPS) is 12.6. The summed E-state index contributed by atoms with van der Waals surface area (Å²) in [7, 11) is 0.